The van der Waals surface area contributed by atoms with Crippen molar-refractivity contribution in [3.05, 3.63) is 53.6 Å². The predicted octanol–water partition coefficient (Wildman–Crippen LogP) is 3.73. The highest BCUT2D eigenvalue weighted by atomic mass is 32.1. The number of aromatic nitrogens is 3. The third-order valence-corrected chi connectivity index (χ3v) is 6.00. The standard InChI is InChI=1S/C20H23F2N5OS/c1-28-17-4-2-15(3-5-17)19-24-16(14-29-19)12-25-8-10-26(11-9-25)13-18-23-6-7-27(18)20(21)22/h2-7,14,20H,8-13H2,1H3. The van der Waals surface area contributed by atoms with E-state index >= 15 is 0 Å². The number of ether oxygens (including phenoxy) is 1. The quantitative estimate of drug-likeness (QED) is 0.584. The molecule has 1 aromatic carbocycles. The van der Waals surface area contributed by atoms with Crippen LogP contribution in [0.5, 0.6) is 5.75 Å². The van der Waals surface area contributed by atoms with Gasteiger partial charge in [-0.25, -0.2) is 9.97 Å². The molecule has 2 aromatic heterocycles. The van der Waals surface area contributed by atoms with Crippen molar-refractivity contribution in [1.29, 1.82) is 0 Å². The number of piperazine rings is 1. The van der Waals surface area contributed by atoms with E-state index in [1.54, 1.807) is 18.4 Å². The van der Waals surface area contributed by atoms with Crippen LogP contribution in [0.3, 0.4) is 0 Å². The zero-order valence-corrected chi connectivity index (χ0v) is 17.0. The van der Waals surface area contributed by atoms with E-state index in [0.29, 0.717) is 12.4 Å². The maximum atomic E-state index is 13.0. The van der Waals surface area contributed by atoms with E-state index in [1.165, 1.54) is 12.4 Å². The minimum atomic E-state index is -2.54. The molecule has 0 saturated carbocycles. The Kier molecular flexibility index (Phi) is 6.17. The number of hydrogen-bond acceptors (Lipinski definition) is 6. The molecule has 0 spiro atoms. The SMILES string of the molecule is COc1ccc(-c2nc(CN3CCN(Cc4nccn4C(F)F)CC3)cs2)cc1. The van der Waals surface area contributed by atoms with Crippen molar-refractivity contribution in [2.75, 3.05) is 33.3 Å². The molecule has 0 bridgehead atoms. The lowest BCUT2D eigenvalue weighted by Gasteiger charge is -2.34. The average Bonchev–Trinajstić information content (AvgIpc) is 3.39. The van der Waals surface area contributed by atoms with Crippen LogP contribution in [0, 0.1) is 0 Å². The van der Waals surface area contributed by atoms with E-state index in [1.807, 2.05) is 24.3 Å². The van der Waals surface area contributed by atoms with Gasteiger partial charge in [0.25, 0.3) is 0 Å². The second-order valence-electron chi connectivity index (χ2n) is 6.95. The lowest BCUT2D eigenvalue weighted by molar-refractivity contribution is 0.0602. The van der Waals surface area contributed by atoms with Crippen LogP contribution in [0.1, 0.15) is 18.1 Å². The van der Waals surface area contributed by atoms with Gasteiger partial charge in [-0.15, -0.1) is 11.3 Å². The van der Waals surface area contributed by atoms with E-state index in [0.717, 1.165) is 59.3 Å². The Bertz CT molecular complexity index is 919. The number of alkyl halides is 2. The Labute approximate surface area is 172 Å². The molecule has 1 aliphatic rings. The molecule has 3 heterocycles. The van der Waals surface area contributed by atoms with Crippen LogP contribution in [-0.2, 0) is 13.1 Å². The van der Waals surface area contributed by atoms with Gasteiger partial charge >= 0.3 is 6.55 Å². The topological polar surface area (TPSA) is 46.4 Å². The molecule has 4 rings (SSSR count). The fourth-order valence-corrected chi connectivity index (χ4v) is 4.24. The molecule has 1 fully saturated rings. The van der Waals surface area contributed by atoms with Crippen LogP contribution in [0.15, 0.2) is 42.0 Å². The highest BCUT2D eigenvalue weighted by Gasteiger charge is 2.21. The third kappa shape index (κ3) is 4.80. The fourth-order valence-electron chi connectivity index (χ4n) is 3.42. The minimum Gasteiger partial charge on any atom is -0.497 e. The Morgan fingerprint density at radius 1 is 1.07 bits per heavy atom. The predicted molar refractivity (Wildman–Crippen MR) is 108 cm³/mol. The summed E-state index contributed by atoms with van der Waals surface area (Å²) in [5, 5.41) is 3.10. The van der Waals surface area contributed by atoms with Crippen molar-refractivity contribution in [2.24, 2.45) is 0 Å². The molecule has 0 unspecified atom stereocenters. The summed E-state index contributed by atoms with van der Waals surface area (Å²) in [5.74, 6) is 1.25. The van der Waals surface area contributed by atoms with Gasteiger partial charge in [-0.1, -0.05) is 0 Å². The third-order valence-electron chi connectivity index (χ3n) is 5.06. The Morgan fingerprint density at radius 3 is 2.41 bits per heavy atom. The number of imidazole rings is 1. The molecule has 154 valence electrons. The summed E-state index contributed by atoms with van der Waals surface area (Å²) in [4.78, 5) is 13.4. The number of nitrogens with zero attached hydrogens (tertiary/aromatic N) is 5. The highest BCUT2D eigenvalue weighted by molar-refractivity contribution is 7.13. The first-order valence-corrected chi connectivity index (χ1v) is 10.3. The highest BCUT2D eigenvalue weighted by Crippen LogP contribution is 2.26. The molecule has 6 nitrogen and oxygen atoms in total. The summed E-state index contributed by atoms with van der Waals surface area (Å²) in [6, 6.07) is 7.91. The first-order valence-electron chi connectivity index (χ1n) is 9.46. The summed E-state index contributed by atoms with van der Waals surface area (Å²) in [7, 11) is 1.66. The van der Waals surface area contributed by atoms with Gasteiger partial charge in [0.15, 0.2) is 0 Å². The van der Waals surface area contributed by atoms with Gasteiger partial charge in [-0.2, -0.15) is 8.78 Å². The number of benzene rings is 1. The number of rotatable bonds is 7. The Morgan fingerprint density at radius 2 is 1.76 bits per heavy atom. The van der Waals surface area contributed by atoms with Gasteiger partial charge in [-0.3, -0.25) is 14.4 Å². The summed E-state index contributed by atoms with van der Waals surface area (Å²) in [6.45, 7) is 2.11. The zero-order chi connectivity index (χ0) is 20.2. The smallest absolute Gasteiger partial charge is 0.319 e. The lowest BCUT2D eigenvalue weighted by atomic mass is 10.2. The summed E-state index contributed by atoms with van der Waals surface area (Å²) < 4.78 is 32.1. The molecule has 1 saturated heterocycles. The number of halogens is 2. The van der Waals surface area contributed by atoms with Crippen molar-refractivity contribution in [3.8, 4) is 16.3 Å². The summed E-state index contributed by atoms with van der Waals surface area (Å²) in [5.41, 5.74) is 2.14. The van der Waals surface area contributed by atoms with Crippen molar-refractivity contribution in [2.45, 2.75) is 19.6 Å². The van der Waals surface area contributed by atoms with Gasteiger partial charge in [0, 0.05) is 56.1 Å². The number of thiazole rings is 1. The van der Waals surface area contributed by atoms with Gasteiger partial charge in [0.2, 0.25) is 0 Å². The first kappa shape index (κ1) is 19.9. The second kappa shape index (κ2) is 8.98. The summed E-state index contributed by atoms with van der Waals surface area (Å²) in [6.07, 6.45) is 2.76. The van der Waals surface area contributed by atoms with Gasteiger partial charge in [0.05, 0.1) is 19.3 Å². The molecule has 0 N–H and O–H groups in total. The van der Waals surface area contributed by atoms with Gasteiger partial charge in [-0.05, 0) is 24.3 Å². The molecule has 3 aromatic rings. The van der Waals surface area contributed by atoms with Gasteiger partial charge in [0.1, 0.15) is 16.6 Å². The largest absolute Gasteiger partial charge is 0.497 e. The van der Waals surface area contributed by atoms with Crippen LogP contribution in [0.2, 0.25) is 0 Å². The molecule has 1 aliphatic heterocycles. The molecule has 0 atom stereocenters. The molecule has 29 heavy (non-hydrogen) atoms. The summed E-state index contributed by atoms with van der Waals surface area (Å²) >= 11 is 1.64. The fraction of sp³-hybridized carbons (Fsp3) is 0.400. The van der Waals surface area contributed by atoms with Crippen molar-refractivity contribution >= 4 is 11.3 Å². The van der Waals surface area contributed by atoms with Gasteiger partial charge < -0.3 is 4.74 Å². The molecule has 0 amide bonds. The molecular formula is C20H23F2N5OS. The van der Waals surface area contributed by atoms with E-state index < -0.39 is 6.55 Å². The van der Waals surface area contributed by atoms with E-state index in [2.05, 4.69) is 20.2 Å². The first-order chi connectivity index (χ1) is 14.1. The van der Waals surface area contributed by atoms with Crippen LogP contribution in [0.25, 0.3) is 10.6 Å². The number of methoxy groups -OCH3 is 1. The van der Waals surface area contributed by atoms with Crippen LogP contribution < -0.4 is 4.74 Å². The maximum absolute atomic E-state index is 13.0. The lowest BCUT2D eigenvalue weighted by Crippen LogP contribution is -2.45. The van der Waals surface area contributed by atoms with E-state index in [9.17, 15) is 8.78 Å². The Balaban J connectivity index is 1.29. The molecular weight excluding hydrogens is 396 g/mol. The molecule has 0 aliphatic carbocycles. The van der Waals surface area contributed by atoms with Crippen molar-refractivity contribution < 1.29 is 13.5 Å². The van der Waals surface area contributed by atoms with E-state index in [-0.39, 0.29) is 0 Å². The van der Waals surface area contributed by atoms with E-state index in [4.69, 9.17) is 9.72 Å². The van der Waals surface area contributed by atoms with Crippen molar-refractivity contribution in [3.63, 3.8) is 0 Å². The molecule has 9 heteroatoms. The number of hydrogen-bond donors (Lipinski definition) is 0. The molecule has 0 radical (unpaired) electrons. The minimum absolute atomic E-state index is 0.414. The van der Waals surface area contributed by atoms with Crippen molar-refractivity contribution in [1.82, 2.24) is 24.3 Å². The van der Waals surface area contributed by atoms with Crippen LogP contribution >= 0.6 is 11.3 Å². The monoisotopic (exact) mass is 419 g/mol. The normalized spacial score (nSPS) is 15.9. The Hall–Kier alpha value is -2.36. The van der Waals surface area contributed by atoms with Crippen LogP contribution in [0.4, 0.5) is 8.78 Å². The van der Waals surface area contributed by atoms with Crippen LogP contribution in [-0.4, -0.2) is 57.6 Å². The zero-order valence-electron chi connectivity index (χ0n) is 16.2. The maximum Gasteiger partial charge on any atom is 0.319 e. The average molecular weight is 420 g/mol. The second-order valence-corrected chi connectivity index (χ2v) is 7.81.